The molecule has 0 fully saturated rings. The van der Waals surface area contributed by atoms with Gasteiger partial charge in [-0.15, -0.1) is 0 Å². The van der Waals surface area contributed by atoms with E-state index in [0.29, 0.717) is 48.0 Å². The van der Waals surface area contributed by atoms with Crippen LogP contribution in [0.4, 0.5) is 11.4 Å². The van der Waals surface area contributed by atoms with Crippen molar-refractivity contribution in [2.24, 2.45) is 0 Å². The molecule has 1 amide bonds. The van der Waals surface area contributed by atoms with Crippen molar-refractivity contribution in [1.29, 1.82) is 0 Å². The number of hydrogen-bond donors (Lipinski definition) is 1. The Hall–Kier alpha value is -4.31. The lowest BCUT2D eigenvalue weighted by Crippen LogP contribution is -2.33. The van der Waals surface area contributed by atoms with E-state index in [1.54, 1.807) is 44.4 Å². The minimum absolute atomic E-state index is 0.0681. The molecule has 0 aliphatic heterocycles. The predicted molar refractivity (Wildman–Crippen MR) is 150 cm³/mol. The van der Waals surface area contributed by atoms with E-state index in [0.717, 1.165) is 25.1 Å². The van der Waals surface area contributed by atoms with Crippen LogP contribution in [0.1, 0.15) is 28.8 Å². The predicted octanol–water partition coefficient (Wildman–Crippen LogP) is 4.89. The number of nitro benzene ring substituents is 1. The number of nitrogens with zero attached hydrogens (tertiary/aromatic N) is 2. The summed E-state index contributed by atoms with van der Waals surface area (Å²) in [6.07, 6.45) is 2.53. The zero-order chi connectivity index (χ0) is 28.2. The summed E-state index contributed by atoms with van der Waals surface area (Å²) in [7, 11) is 6.33. The number of methoxy groups -OCH3 is 4. The Kier molecular flexibility index (Phi) is 10.9. The average Bonchev–Trinajstić information content (AvgIpc) is 2.97. The quantitative estimate of drug-likeness (QED) is 0.166. The third kappa shape index (κ3) is 7.84. The third-order valence-corrected chi connectivity index (χ3v) is 6.25. The number of nitro groups is 1. The molecule has 0 aromatic heterocycles. The van der Waals surface area contributed by atoms with Gasteiger partial charge in [-0.05, 0) is 74.3 Å². The third-order valence-electron chi connectivity index (χ3n) is 6.25. The molecule has 0 heterocycles. The van der Waals surface area contributed by atoms with Crippen molar-refractivity contribution in [1.82, 2.24) is 5.32 Å². The summed E-state index contributed by atoms with van der Waals surface area (Å²) in [4.78, 5) is 25.6. The zero-order valence-corrected chi connectivity index (χ0v) is 22.8. The number of non-ortho nitro benzene ring substituents is 1. The highest BCUT2D eigenvalue weighted by molar-refractivity contribution is 6.06. The van der Waals surface area contributed by atoms with Crippen molar-refractivity contribution in [2.75, 3.05) is 53.0 Å². The molecule has 3 aromatic rings. The minimum Gasteiger partial charge on any atom is -0.493 e. The summed E-state index contributed by atoms with van der Waals surface area (Å²) in [5, 5.41) is 14.5. The fourth-order valence-electron chi connectivity index (χ4n) is 4.16. The molecule has 0 bridgehead atoms. The van der Waals surface area contributed by atoms with Gasteiger partial charge in [0.25, 0.3) is 11.6 Å². The Morgan fingerprint density at radius 3 is 2.00 bits per heavy atom. The van der Waals surface area contributed by atoms with E-state index < -0.39 is 4.92 Å². The number of benzene rings is 3. The Bertz CT molecular complexity index is 1250. The first-order valence-electron chi connectivity index (χ1n) is 12.6. The first-order chi connectivity index (χ1) is 18.9. The Balaban J connectivity index is 1.60. The Morgan fingerprint density at radius 2 is 1.38 bits per heavy atom. The van der Waals surface area contributed by atoms with Crippen LogP contribution in [-0.2, 0) is 6.42 Å². The molecule has 0 spiro atoms. The number of rotatable bonds is 15. The molecule has 0 aliphatic rings. The summed E-state index contributed by atoms with van der Waals surface area (Å²) in [5.41, 5.74) is 2.10. The first kappa shape index (κ1) is 29.2. The molecule has 0 radical (unpaired) electrons. The van der Waals surface area contributed by atoms with E-state index in [-0.39, 0.29) is 11.6 Å². The number of anilines is 1. The molecule has 1 N–H and O–H groups in total. The summed E-state index contributed by atoms with van der Waals surface area (Å²) in [6, 6.07) is 16.8. The summed E-state index contributed by atoms with van der Waals surface area (Å²) < 4.78 is 21.4. The van der Waals surface area contributed by atoms with E-state index in [2.05, 4.69) is 5.32 Å². The molecule has 10 heteroatoms. The van der Waals surface area contributed by atoms with Crippen LogP contribution in [0.3, 0.4) is 0 Å². The van der Waals surface area contributed by atoms with Gasteiger partial charge in [0.05, 0.1) is 33.4 Å². The summed E-state index contributed by atoms with van der Waals surface area (Å²) in [5.74, 6) is 2.23. The smallest absolute Gasteiger partial charge is 0.269 e. The van der Waals surface area contributed by atoms with E-state index in [4.69, 9.17) is 18.9 Å². The number of nitrogens with one attached hydrogen (secondary N) is 1. The van der Waals surface area contributed by atoms with Gasteiger partial charge >= 0.3 is 0 Å². The number of amides is 1. The molecular weight excluding hydrogens is 502 g/mol. The molecule has 10 nitrogen and oxygen atoms in total. The Labute approximate surface area is 228 Å². The highest BCUT2D eigenvalue weighted by Gasteiger charge is 2.20. The molecule has 0 saturated heterocycles. The van der Waals surface area contributed by atoms with Crippen molar-refractivity contribution >= 4 is 17.3 Å². The second-order valence-electron chi connectivity index (χ2n) is 8.70. The zero-order valence-electron chi connectivity index (χ0n) is 22.8. The van der Waals surface area contributed by atoms with Crippen LogP contribution in [-0.4, -0.2) is 58.9 Å². The van der Waals surface area contributed by atoms with Crippen LogP contribution in [0.2, 0.25) is 0 Å². The average molecular weight is 538 g/mol. The molecule has 3 rings (SSSR count). The Morgan fingerprint density at radius 1 is 0.795 bits per heavy atom. The van der Waals surface area contributed by atoms with Gasteiger partial charge in [-0.25, -0.2) is 0 Å². The molecule has 39 heavy (non-hydrogen) atoms. The van der Waals surface area contributed by atoms with E-state index >= 15 is 0 Å². The topological polar surface area (TPSA) is 112 Å². The van der Waals surface area contributed by atoms with Crippen LogP contribution in [0.15, 0.2) is 60.7 Å². The number of ether oxygens (including phenoxy) is 4. The molecule has 0 saturated carbocycles. The van der Waals surface area contributed by atoms with Crippen LogP contribution in [0.25, 0.3) is 0 Å². The van der Waals surface area contributed by atoms with Gasteiger partial charge in [0.2, 0.25) is 0 Å². The molecule has 3 aromatic carbocycles. The van der Waals surface area contributed by atoms with E-state index in [9.17, 15) is 14.9 Å². The lowest BCUT2D eigenvalue weighted by atomic mass is 10.1. The SMILES string of the molecule is COc1ccc(CCCNCCCN(C(=O)c2ccc([N+](=O)[O-])cc2)c2ccc(OC)c(OC)c2)cc1OC. The normalized spacial score (nSPS) is 10.6. The standard InChI is InChI=1S/C29H35N3O7/c1-36-25-14-8-21(19-27(25)38-3)7-5-16-30-17-6-18-31(24-13-15-26(37-2)28(20-24)39-4)29(33)22-9-11-23(12-10-22)32(34)35/h8-15,19-20,30H,5-7,16-18H2,1-4H3. The van der Waals surface area contributed by atoms with Crippen LogP contribution < -0.4 is 29.2 Å². The molecule has 0 unspecified atom stereocenters. The molecule has 0 aliphatic carbocycles. The van der Waals surface area contributed by atoms with Crippen LogP contribution in [0.5, 0.6) is 23.0 Å². The summed E-state index contributed by atoms with van der Waals surface area (Å²) in [6.45, 7) is 1.97. The minimum atomic E-state index is -0.489. The fourth-order valence-corrected chi connectivity index (χ4v) is 4.16. The van der Waals surface area contributed by atoms with Gasteiger partial charge in [-0.1, -0.05) is 6.07 Å². The first-order valence-corrected chi connectivity index (χ1v) is 12.6. The van der Waals surface area contributed by atoms with Gasteiger partial charge in [0.15, 0.2) is 23.0 Å². The van der Waals surface area contributed by atoms with Crippen molar-refractivity contribution in [3.05, 3.63) is 81.9 Å². The van der Waals surface area contributed by atoms with Crippen molar-refractivity contribution in [3.63, 3.8) is 0 Å². The van der Waals surface area contributed by atoms with Gasteiger partial charge in [0, 0.05) is 36.0 Å². The van der Waals surface area contributed by atoms with E-state index in [1.807, 2.05) is 18.2 Å². The largest absolute Gasteiger partial charge is 0.493 e. The molecule has 0 atom stereocenters. The number of carbonyl (C=O) groups excluding carboxylic acids is 1. The molecular formula is C29H35N3O7. The lowest BCUT2D eigenvalue weighted by molar-refractivity contribution is -0.384. The van der Waals surface area contributed by atoms with Gasteiger partial charge in [-0.3, -0.25) is 14.9 Å². The fraction of sp³-hybridized carbons (Fsp3) is 0.345. The highest BCUT2D eigenvalue weighted by atomic mass is 16.6. The monoisotopic (exact) mass is 537 g/mol. The maximum atomic E-state index is 13.4. The number of aryl methyl sites for hydroxylation is 1. The van der Waals surface area contributed by atoms with Crippen molar-refractivity contribution in [2.45, 2.75) is 19.3 Å². The van der Waals surface area contributed by atoms with Crippen LogP contribution >= 0.6 is 0 Å². The lowest BCUT2D eigenvalue weighted by Gasteiger charge is -2.24. The van der Waals surface area contributed by atoms with Gasteiger partial charge in [0.1, 0.15) is 0 Å². The van der Waals surface area contributed by atoms with Crippen molar-refractivity contribution < 1.29 is 28.7 Å². The number of carbonyl (C=O) groups is 1. The summed E-state index contributed by atoms with van der Waals surface area (Å²) >= 11 is 0. The van der Waals surface area contributed by atoms with Gasteiger partial charge in [-0.2, -0.15) is 0 Å². The molecule has 208 valence electrons. The highest BCUT2D eigenvalue weighted by Crippen LogP contribution is 2.32. The van der Waals surface area contributed by atoms with Crippen molar-refractivity contribution in [3.8, 4) is 23.0 Å². The van der Waals surface area contributed by atoms with Crippen LogP contribution in [0, 0.1) is 10.1 Å². The van der Waals surface area contributed by atoms with E-state index in [1.165, 1.54) is 36.9 Å². The second kappa shape index (κ2) is 14.6. The second-order valence-corrected chi connectivity index (χ2v) is 8.70. The number of hydrogen-bond acceptors (Lipinski definition) is 8. The maximum Gasteiger partial charge on any atom is 0.269 e. The maximum absolute atomic E-state index is 13.4. The van der Waals surface area contributed by atoms with Gasteiger partial charge < -0.3 is 29.2 Å².